The number of hydrogen-bond acceptors (Lipinski definition) is 5. The molecule has 0 aromatic carbocycles. The molecule has 0 rings (SSSR count). The zero-order valence-corrected chi connectivity index (χ0v) is 11.4. The van der Waals surface area contributed by atoms with Gasteiger partial charge in [0.2, 0.25) is 0 Å². The van der Waals surface area contributed by atoms with Gasteiger partial charge in [0.1, 0.15) is 12.4 Å². The number of Topliss-reactive ketones (excluding diaryl/α,β-unsaturated/α-hetero) is 1. The summed E-state index contributed by atoms with van der Waals surface area (Å²) in [4.78, 5) is 26.1. The van der Waals surface area contributed by atoms with Gasteiger partial charge in [0.15, 0.2) is 0 Å². The van der Waals surface area contributed by atoms with Gasteiger partial charge in [-0.05, 0) is 28.1 Å². The van der Waals surface area contributed by atoms with Crippen LogP contribution in [0.2, 0.25) is 0 Å². The fourth-order valence-electron chi connectivity index (χ4n) is 1.15. The van der Waals surface area contributed by atoms with Crippen LogP contribution >= 0.6 is 0 Å². The Bertz CT molecular complexity index is 242. The molecule has 0 aromatic heterocycles. The van der Waals surface area contributed by atoms with Gasteiger partial charge in [-0.25, -0.2) is 0 Å². The first kappa shape index (κ1) is 16.1. The van der Waals surface area contributed by atoms with E-state index in [1.165, 1.54) is 6.92 Å². The predicted octanol–water partition coefficient (Wildman–Crippen LogP) is 0.392. The first-order valence-corrected chi connectivity index (χ1v) is 5.90. The van der Waals surface area contributed by atoms with Crippen LogP contribution in [0.3, 0.4) is 0 Å². The highest BCUT2D eigenvalue weighted by molar-refractivity contribution is 5.80. The number of nitrogens with zero attached hydrogens (tertiary/aromatic N) is 2. The SMILES string of the molecule is CC(=O)CCC(=O)OCCN(C)CCN(C)C. The molecule has 0 spiro atoms. The first-order valence-electron chi connectivity index (χ1n) is 5.90. The standard InChI is InChI=1S/C12H24N2O3/c1-11(15)5-6-12(16)17-10-9-14(4)8-7-13(2)3/h5-10H2,1-4H3. The highest BCUT2D eigenvalue weighted by Crippen LogP contribution is 1.94. The molecule has 5 nitrogen and oxygen atoms in total. The van der Waals surface area contributed by atoms with Crippen LogP contribution in [0.5, 0.6) is 0 Å². The van der Waals surface area contributed by atoms with Crippen molar-refractivity contribution < 1.29 is 14.3 Å². The van der Waals surface area contributed by atoms with Crippen LogP contribution in [0.4, 0.5) is 0 Å². The molecule has 0 saturated heterocycles. The summed E-state index contributed by atoms with van der Waals surface area (Å²) in [6, 6.07) is 0. The Balaban J connectivity index is 3.48. The smallest absolute Gasteiger partial charge is 0.306 e. The van der Waals surface area contributed by atoms with E-state index in [2.05, 4.69) is 9.80 Å². The summed E-state index contributed by atoms with van der Waals surface area (Å²) in [5.41, 5.74) is 0. The Labute approximate surface area is 104 Å². The van der Waals surface area contributed by atoms with Crippen LogP contribution in [-0.2, 0) is 14.3 Å². The lowest BCUT2D eigenvalue weighted by molar-refractivity contribution is -0.145. The Morgan fingerprint density at radius 3 is 2.18 bits per heavy atom. The maximum absolute atomic E-state index is 11.2. The molecular weight excluding hydrogens is 220 g/mol. The summed E-state index contributed by atoms with van der Waals surface area (Å²) in [5, 5.41) is 0. The van der Waals surface area contributed by atoms with Gasteiger partial charge in [-0.3, -0.25) is 4.79 Å². The maximum Gasteiger partial charge on any atom is 0.306 e. The average Bonchev–Trinajstić information content (AvgIpc) is 2.23. The van der Waals surface area contributed by atoms with Crippen LogP contribution in [0.25, 0.3) is 0 Å². The van der Waals surface area contributed by atoms with Gasteiger partial charge in [0.25, 0.3) is 0 Å². The third kappa shape index (κ3) is 11.3. The van der Waals surface area contributed by atoms with Crippen LogP contribution in [-0.4, -0.2) is 68.9 Å². The van der Waals surface area contributed by atoms with E-state index in [4.69, 9.17) is 4.74 Å². The van der Waals surface area contributed by atoms with Gasteiger partial charge >= 0.3 is 5.97 Å². The Morgan fingerprint density at radius 2 is 1.65 bits per heavy atom. The van der Waals surface area contributed by atoms with Crippen molar-refractivity contribution in [3.8, 4) is 0 Å². The number of likely N-dealkylation sites (N-methyl/N-ethyl adjacent to an activating group) is 2. The van der Waals surface area contributed by atoms with E-state index in [0.29, 0.717) is 6.61 Å². The van der Waals surface area contributed by atoms with Crippen molar-refractivity contribution in [1.82, 2.24) is 9.80 Å². The number of carbonyl (C=O) groups is 2. The van der Waals surface area contributed by atoms with E-state index in [0.717, 1.165) is 19.6 Å². The fourth-order valence-corrected chi connectivity index (χ4v) is 1.15. The van der Waals surface area contributed by atoms with Crippen molar-refractivity contribution in [2.75, 3.05) is 47.4 Å². The summed E-state index contributed by atoms with van der Waals surface area (Å²) in [5.74, 6) is -0.272. The first-order chi connectivity index (χ1) is 7.91. The molecule has 0 aromatic rings. The van der Waals surface area contributed by atoms with Crippen molar-refractivity contribution in [2.24, 2.45) is 0 Å². The zero-order valence-electron chi connectivity index (χ0n) is 11.4. The molecule has 0 unspecified atom stereocenters. The summed E-state index contributed by atoms with van der Waals surface area (Å²) in [7, 11) is 6.04. The second-order valence-electron chi connectivity index (χ2n) is 4.53. The van der Waals surface area contributed by atoms with Gasteiger partial charge in [0.05, 0.1) is 6.42 Å². The zero-order chi connectivity index (χ0) is 13.3. The number of carbonyl (C=O) groups excluding carboxylic acids is 2. The minimum Gasteiger partial charge on any atom is -0.464 e. The van der Waals surface area contributed by atoms with Crippen molar-refractivity contribution in [3.63, 3.8) is 0 Å². The lowest BCUT2D eigenvalue weighted by Crippen LogP contribution is -2.31. The van der Waals surface area contributed by atoms with Gasteiger partial charge in [0, 0.05) is 26.1 Å². The Kier molecular flexibility index (Phi) is 8.62. The van der Waals surface area contributed by atoms with Gasteiger partial charge in [-0.2, -0.15) is 0 Å². The van der Waals surface area contributed by atoms with Gasteiger partial charge < -0.3 is 19.3 Å². The Hall–Kier alpha value is -0.940. The third-order valence-electron chi connectivity index (χ3n) is 2.35. The maximum atomic E-state index is 11.2. The second kappa shape index (κ2) is 9.13. The van der Waals surface area contributed by atoms with Crippen LogP contribution in [0.1, 0.15) is 19.8 Å². The molecule has 0 atom stereocenters. The molecule has 0 aliphatic rings. The van der Waals surface area contributed by atoms with Crippen molar-refractivity contribution in [3.05, 3.63) is 0 Å². The minimum absolute atomic E-state index is 0.0186. The number of hydrogen-bond donors (Lipinski definition) is 0. The Morgan fingerprint density at radius 1 is 1.00 bits per heavy atom. The number of esters is 1. The normalized spacial score (nSPS) is 10.9. The summed E-state index contributed by atoms with van der Waals surface area (Å²) >= 11 is 0. The highest BCUT2D eigenvalue weighted by atomic mass is 16.5. The fraction of sp³-hybridized carbons (Fsp3) is 0.833. The second-order valence-corrected chi connectivity index (χ2v) is 4.53. The largest absolute Gasteiger partial charge is 0.464 e. The monoisotopic (exact) mass is 244 g/mol. The van der Waals surface area contributed by atoms with E-state index in [1.54, 1.807) is 0 Å². The topological polar surface area (TPSA) is 49.9 Å². The van der Waals surface area contributed by atoms with E-state index in [1.807, 2.05) is 21.1 Å². The van der Waals surface area contributed by atoms with Gasteiger partial charge in [-0.15, -0.1) is 0 Å². The molecule has 0 fully saturated rings. The quantitative estimate of drug-likeness (QED) is 0.549. The van der Waals surface area contributed by atoms with E-state index < -0.39 is 0 Å². The van der Waals surface area contributed by atoms with Gasteiger partial charge in [-0.1, -0.05) is 0 Å². The minimum atomic E-state index is -0.291. The average molecular weight is 244 g/mol. The van der Waals surface area contributed by atoms with Crippen LogP contribution in [0, 0.1) is 0 Å². The summed E-state index contributed by atoms with van der Waals surface area (Å²) < 4.78 is 5.02. The van der Waals surface area contributed by atoms with Crippen molar-refractivity contribution in [1.29, 1.82) is 0 Å². The lowest BCUT2D eigenvalue weighted by Gasteiger charge is -2.18. The molecule has 5 heteroatoms. The predicted molar refractivity (Wildman–Crippen MR) is 66.9 cm³/mol. The third-order valence-corrected chi connectivity index (χ3v) is 2.35. The molecule has 0 saturated carbocycles. The van der Waals surface area contributed by atoms with Crippen LogP contribution < -0.4 is 0 Å². The molecule has 0 radical (unpaired) electrons. The number of ether oxygens (including phenoxy) is 1. The molecule has 0 heterocycles. The van der Waals surface area contributed by atoms with E-state index in [-0.39, 0.29) is 24.6 Å². The van der Waals surface area contributed by atoms with Crippen LogP contribution in [0.15, 0.2) is 0 Å². The van der Waals surface area contributed by atoms with Crippen molar-refractivity contribution in [2.45, 2.75) is 19.8 Å². The van der Waals surface area contributed by atoms with Crippen molar-refractivity contribution >= 4 is 11.8 Å². The lowest BCUT2D eigenvalue weighted by atomic mass is 10.2. The van der Waals surface area contributed by atoms with E-state index >= 15 is 0 Å². The molecule has 0 aliphatic heterocycles. The summed E-state index contributed by atoms with van der Waals surface area (Å²) in [6.07, 6.45) is 0.464. The molecular formula is C12H24N2O3. The molecule has 100 valence electrons. The molecule has 0 bridgehead atoms. The number of rotatable bonds is 9. The number of ketones is 1. The highest BCUT2D eigenvalue weighted by Gasteiger charge is 2.05. The molecule has 0 N–H and O–H groups in total. The molecule has 0 aliphatic carbocycles. The summed E-state index contributed by atoms with van der Waals surface area (Å²) in [6.45, 7) is 4.51. The molecule has 0 amide bonds. The molecule has 17 heavy (non-hydrogen) atoms. The van der Waals surface area contributed by atoms with E-state index in [9.17, 15) is 9.59 Å².